The third-order valence-corrected chi connectivity index (χ3v) is 7.57. The lowest BCUT2D eigenvalue weighted by molar-refractivity contribution is -0.125. The van der Waals surface area contributed by atoms with Gasteiger partial charge in [-0.3, -0.25) is 13.9 Å². The number of hydrogen-bond acceptors (Lipinski definition) is 8. The summed E-state index contributed by atoms with van der Waals surface area (Å²) in [7, 11) is 3.78. The minimum atomic E-state index is -0.486. The summed E-state index contributed by atoms with van der Waals surface area (Å²) in [5.74, 6) is 1.13. The molecule has 2 aromatic heterocycles. The molecule has 5 rings (SSSR count). The molecule has 0 saturated carbocycles. The number of carbonyl (C=O) groups is 1. The molecule has 0 aliphatic carbocycles. The van der Waals surface area contributed by atoms with E-state index in [2.05, 4.69) is 16.0 Å². The highest BCUT2D eigenvalue weighted by Gasteiger charge is 2.34. The molecule has 11 heteroatoms. The highest BCUT2D eigenvalue weighted by molar-refractivity contribution is 5.97. The minimum Gasteiger partial charge on any atom is -0.457 e. The van der Waals surface area contributed by atoms with Gasteiger partial charge in [-0.15, -0.1) is 0 Å². The monoisotopic (exact) mass is 552 g/mol. The zero-order chi connectivity index (χ0) is 29.3. The Balaban J connectivity index is 1.47. The van der Waals surface area contributed by atoms with Gasteiger partial charge in [-0.05, 0) is 76.8 Å². The molecule has 1 aliphatic rings. The van der Waals surface area contributed by atoms with Crippen LogP contribution in [-0.2, 0) is 4.79 Å². The van der Waals surface area contributed by atoms with Crippen molar-refractivity contribution in [3.05, 3.63) is 83.1 Å². The number of amides is 1. The molecule has 1 amide bonds. The lowest BCUT2D eigenvalue weighted by atomic mass is 10.00. The highest BCUT2D eigenvalue weighted by Crippen LogP contribution is 2.29. The largest absolute Gasteiger partial charge is 0.457 e. The van der Waals surface area contributed by atoms with E-state index in [-0.39, 0.29) is 35.6 Å². The van der Waals surface area contributed by atoms with Crippen molar-refractivity contribution in [3.8, 4) is 23.3 Å². The number of imidazole rings is 1. The number of para-hydroxylation sites is 1. The van der Waals surface area contributed by atoms with Crippen molar-refractivity contribution in [2.24, 2.45) is 0 Å². The van der Waals surface area contributed by atoms with Gasteiger partial charge in [0.25, 0.3) is 5.91 Å². The first kappa shape index (κ1) is 27.6. The maximum atomic E-state index is 13.9. The first-order valence-electron chi connectivity index (χ1n) is 13.3. The first-order chi connectivity index (χ1) is 19.6. The van der Waals surface area contributed by atoms with Gasteiger partial charge < -0.3 is 20.3 Å². The number of aromatic nitrogens is 4. The topological polar surface area (TPSA) is 135 Å². The molecular formula is C30H32N8O3. The third-order valence-electron chi connectivity index (χ3n) is 7.57. The van der Waals surface area contributed by atoms with Crippen LogP contribution in [-0.4, -0.2) is 67.5 Å². The molecule has 11 nitrogen and oxygen atoms in total. The van der Waals surface area contributed by atoms with Crippen LogP contribution in [0.4, 0.5) is 5.82 Å². The number of fused-ring (bicyclic) bond motifs is 1. The Morgan fingerprint density at radius 3 is 2.46 bits per heavy atom. The van der Waals surface area contributed by atoms with E-state index in [1.807, 2.05) is 63.2 Å². The molecule has 0 radical (unpaired) electrons. The molecule has 2 N–H and O–H groups in total. The molecule has 210 valence electrons. The number of rotatable bonds is 7. The average Bonchev–Trinajstić information content (AvgIpc) is 3.55. The van der Waals surface area contributed by atoms with E-state index < -0.39 is 5.54 Å². The summed E-state index contributed by atoms with van der Waals surface area (Å²) in [5, 5.41) is 9.75. The van der Waals surface area contributed by atoms with Crippen LogP contribution < -0.4 is 16.2 Å². The number of nitrogen functional groups attached to an aromatic ring is 1. The lowest BCUT2D eigenvalue weighted by Crippen LogP contribution is -2.38. The maximum absolute atomic E-state index is 13.9. The summed E-state index contributed by atoms with van der Waals surface area (Å²) in [5.41, 5.74) is 6.86. The predicted octanol–water partition coefficient (Wildman–Crippen LogP) is 3.52. The van der Waals surface area contributed by atoms with Gasteiger partial charge in [0.15, 0.2) is 11.5 Å². The zero-order valence-electron chi connectivity index (χ0n) is 23.5. The summed E-state index contributed by atoms with van der Waals surface area (Å²) in [4.78, 5) is 39.3. The summed E-state index contributed by atoms with van der Waals surface area (Å²) in [6.07, 6.45) is 3.53. The number of nitriles is 1. The van der Waals surface area contributed by atoms with Crippen LogP contribution in [0.3, 0.4) is 0 Å². The second-order valence-corrected chi connectivity index (χ2v) is 10.7. The SMILES string of the molecule is CN(C)C(C)(C)C=C(C#N)C(=O)N1CC[C@H](n2c(=O)n(-c3ccc(Oc4ccccc4)cc3)c3c(N)ncnc32)C1. The first-order valence-corrected chi connectivity index (χ1v) is 13.3. The molecule has 1 atom stereocenters. The molecular weight excluding hydrogens is 520 g/mol. The number of anilines is 1. The van der Waals surface area contributed by atoms with Crippen molar-refractivity contribution in [2.75, 3.05) is 32.9 Å². The van der Waals surface area contributed by atoms with Gasteiger partial charge >= 0.3 is 5.69 Å². The summed E-state index contributed by atoms with van der Waals surface area (Å²) in [6, 6.07) is 18.2. The van der Waals surface area contributed by atoms with Gasteiger partial charge in [-0.1, -0.05) is 18.2 Å². The molecule has 0 unspecified atom stereocenters. The van der Waals surface area contributed by atoms with E-state index >= 15 is 0 Å². The van der Waals surface area contributed by atoms with E-state index in [1.54, 1.807) is 39.8 Å². The van der Waals surface area contributed by atoms with E-state index in [0.717, 1.165) is 0 Å². The number of ether oxygens (including phenoxy) is 1. The zero-order valence-corrected chi connectivity index (χ0v) is 23.5. The van der Waals surface area contributed by atoms with Gasteiger partial charge in [0.1, 0.15) is 35.0 Å². The van der Waals surface area contributed by atoms with Crippen LogP contribution >= 0.6 is 0 Å². The fourth-order valence-electron chi connectivity index (χ4n) is 4.86. The van der Waals surface area contributed by atoms with Crippen LogP contribution in [0.25, 0.3) is 16.9 Å². The highest BCUT2D eigenvalue weighted by atomic mass is 16.5. The maximum Gasteiger partial charge on any atom is 0.335 e. The molecule has 0 spiro atoms. The van der Waals surface area contributed by atoms with Crippen LogP contribution in [0.1, 0.15) is 26.3 Å². The quantitative estimate of drug-likeness (QED) is 0.272. The van der Waals surface area contributed by atoms with Crippen LogP contribution in [0.2, 0.25) is 0 Å². The van der Waals surface area contributed by atoms with E-state index in [4.69, 9.17) is 10.5 Å². The molecule has 1 fully saturated rings. The fourth-order valence-corrected chi connectivity index (χ4v) is 4.86. The van der Waals surface area contributed by atoms with Gasteiger partial charge in [-0.25, -0.2) is 14.8 Å². The molecule has 1 aliphatic heterocycles. The van der Waals surface area contributed by atoms with Gasteiger partial charge in [0.2, 0.25) is 0 Å². The molecule has 1 saturated heterocycles. The Kier molecular flexibility index (Phi) is 7.34. The summed E-state index contributed by atoms with van der Waals surface area (Å²) < 4.78 is 8.96. The van der Waals surface area contributed by atoms with Crippen molar-refractivity contribution in [2.45, 2.75) is 31.8 Å². The molecule has 0 bridgehead atoms. The normalized spacial score (nSPS) is 15.9. The van der Waals surface area contributed by atoms with Gasteiger partial charge in [0.05, 0.1) is 11.7 Å². The number of likely N-dealkylation sites (N-methyl/N-ethyl adjacent to an activating group) is 1. The van der Waals surface area contributed by atoms with Crippen LogP contribution in [0.5, 0.6) is 11.5 Å². The van der Waals surface area contributed by atoms with Gasteiger partial charge in [-0.2, -0.15) is 5.26 Å². The predicted molar refractivity (Wildman–Crippen MR) is 156 cm³/mol. The second-order valence-electron chi connectivity index (χ2n) is 10.7. The number of nitrogens with zero attached hydrogens (tertiary/aromatic N) is 7. The summed E-state index contributed by atoms with van der Waals surface area (Å²) in [6.45, 7) is 4.52. The Hall–Kier alpha value is -4.95. The smallest absolute Gasteiger partial charge is 0.335 e. The van der Waals surface area contributed by atoms with Crippen molar-refractivity contribution < 1.29 is 9.53 Å². The molecule has 4 aromatic rings. The Bertz CT molecular complexity index is 1710. The van der Waals surface area contributed by atoms with Crippen molar-refractivity contribution in [1.29, 1.82) is 5.26 Å². The molecule has 3 heterocycles. The van der Waals surface area contributed by atoms with Crippen molar-refractivity contribution in [3.63, 3.8) is 0 Å². The van der Waals surface area contributed by atoms with E-state index in [1.165, 1.54) is 10.9 Å². The van der Waals surface area contributed by atoms with Crippen molar-refractivity contribution in [1.82, 2.24) is 28.9 Å². The van der Waals surface area contributed by atoms with Crippen molar-refractivity contribution >= 4 is 22.9 Å². The molecule has 2 aromatic carbocycles. The van der Waals surface area contributed by atoms with E-state index in [9.17, 15) is 14.9 Å². The Labute approximate surface area is 237 Å². The second kappa shape index (κ2) is 10.9. The summed E-state index contributed by atoms with van der Waals surface area (Å²) >= 11 is 0. The Morgan fingerprint density at radius 2 is 1.80 bits per heavy atom. The standard InChI is InChI=1S/C30H32N8O3/c1-30(2,35(3)4)16-20(17-31)28(39)36-15-14-22(18-36)38-27-25(26(32)33-19-34-27)37(29(38)40)21-10-12-24(13-11-21)41-23-8-6-5-7-9-23/h5-13,16,19,22H,14-15,18H2,1-4H3,(H2,32,33,34)/t22-/m0/s1. The lowest BCUT2D eigenvalue weighted by Gasteiger charge is -2.29. The average molecular weight is 553 g/mol. The fraction of sp³-hybridized carbons (Fsp3) is 0.300. The number of benzene rings is 2. The number of carbonyl (C=O) groups excluding carboxylic acids is 1. The Morgan fingerprint density at radius 1 is 1.12 bits per heavy atom. The van der Waals surface area contributed by atoms with Gasteiger partial charge in [0, 0.05) is 18.6 Å². The number of nitrogens with two attached hydrogens (primary N) is 1. The minimum absolute atomic E-state index is 0.0727. The molecule has 41 heavy (non-hydrogen) atoms. The number of hydrogen-bond donors (Lipinski definition) is 1. The van der Waals surface area contributed by atoms with Crippen LogP contribution in [0, 0.1) is 11.3 Å². The number of likely N-dealkylation sites (tertiary alicyclic amines) is 1. The third kappa shape index (κ3) is 5.29. The van der Waals surface area contributed by atoms with Crippen LogP contribution in [0.15, 0.2) is 77.4 Å². The van der Waals surface area contributed by atoms with E-state index in [0.29, 0.717) is 41.3 Å².